The fraction of sp³-hybridized carbons (Fsp3) is 0.562. The maximum atomic E-state index is 11.8. The molecule has 0 aromatic carbocycles. The van der Waals surface area contributed by atoms with Gasteiger partial charge in [-0.2, -0.15) is 0 Å². The number of carbonyl (C=O) groups is 1. The van der Waals surface area contributed by atoms with E-state index in [-0.39, 0.29) is 12.7 Å². The molecule has 3 rings (SSSR count). The number of piperazine rings is 1. The minimum Gasteiger partial charge on any atom is -0.450 e. The number of carbonyl (C=O) groups excluding carboxylic acids is 1. The lowest BCUT2D eigenvalue weighted by molar-refractivity contribution is 0.0768. The summed E-state index contributed by atoms with van der Waals surface area (Å²) < 4.78 is 7.01. The van der Waals surface area contributed by atoms with Crippen LogP contribution in [0.15, 0.2) is 18.3 Å². The Morgan fingerprint density at radius 2 is 2.12 bits per heavy atom. The molecule has 1 fully saturated rings. The van der Waals surface area contributed by atoms with E-state index in [0.717, 1.165) is 30.1 Å². The predicted octanol–water partition coefficient (Wildman–Crippen LogP) is 0.698. The molecule has 0 saturated carbocycles. The van der Waals surface area contributed by atoms with Crippen LogP contribution in [0.4, 0.5) is 4.79 Å². The molecule has 8 nitrogen and oxygen atoms in total. The second-order valence-corrected chi connectivity index (χ2v) is 5.71. The van der Waals surface area contributed by atoms with E-state index < -0.39 is 0 Å². The van der Waals surface area contributed by atoms with Crippen LogP contribution in [0.5, 0.6) is 0 Å². The quantitative estimate of drug-likeness (QED) is 0.867. The third-order valence-electron chi connectivity index (χ3n) is 4.17. The van der Waals surface area contributed by atoms with E-state index in [2.05, 4.69) is 14.9 Å². The molecule has 0 atom stereocenters. The lowest BCUT2D eigenvalue weighted by Gasteiger charge is -2.33. The van der Waals surface area contributed by atoms with E-state index in [1.807, 2.05) is 23.6 Å². The second kappa shape index (κ2) is 7.59. The topological polar surface area (TPSA) is 83.7 Å². The summed E-state index contributed by atoms with van der Waals surface area (Å²) in [6.07, 6.45) is 1.49. The van der Waals surface area contributed by atoms with Crippen LogP contribution in [0.3, 0.4) is 0 Å². The van der Waals surface area contributed by atoms with Crippen molar-refractivity contribution in [2.24, 2.45) is 0 Å². The van der Waals surface area contributed by atoms with Gasteiger partial charge in [0.1, 0.15) is 11.3 Å². The van der Waals surface area contributed by atoms with Crippen molar-refractivity contribution in [3.63, 3.8) is 0 Å². The van der Waals surface area contributed by atoms with E-state index in [0.29, 0.717) is 32.8 Å². The van der Waals surface area contributed by atoms with Crippen LogP contribution >= 0.6 is 0 Å². The van der Waals surface area contributed by atoms with Crippen molar-refractivity contribution in [1.29, 1.82) is 0 Å². The second-order valence-electron chi connectivity index (χ2n) is 5.71. The highest BCUT2D eigenvalue weighted by Crippen LogP contribution is 2.16. The van der Waals surface area contributed by atoms with Gasteiger partial charge in [0.25, 0.3) is 0 Å². The smallest absolute Gasteiger partial charge is 0.409 e. The van der Waals surface area contributed by atoms with Gasteiger partial charge in [0, 0.05) is 38.9 Å². The van der Waals surface area contributed by atoms with Crippen molar-refractivity contribution in [3.05, 3.63) is 24.2 Å². The van der Waals surface area contributed by atoms with Crippen molar-refractivity contribution < 1.29 is 14.6 Å². The summed E-state index contributed by atoms with van der Waals surface area (Å²) >= 11 is 0. The van der Waals surface area contributed by atoms with E-state index in [4.69, 9.17) is 4.74 Å². The molecule has 2 aromatic rings. The number of fused-ring (bicyclic) bond motifs is 1. The highest BCUT2D eigenvalue weighted by molar-refractivity contribution is 5.71. The van der Waals surface area contributed by atoms with Crippen molar-refractivity contribution in [1.82, 2.24) is 24.3 Å². The molecule has 0 radical (unpaired) electrons. The first kappa shape index (κ1) is 16.7. The molecule has 0 aliphatic carbocycles. The van der Waals surface area contributed by atoms with Crippen molar-refractivity contribution >= 4 is 17.3 Å². The Hall–Kier alpha value is -2.19. The fourth-order valence-electron chi connectivity index (χ4n) is 2.96. The van der Waals surface area contributed by atoms with Crippen molar-refractivity contribution in [2.45, 2.75) is 20.0 Å². The highest BCUT2D eigenvalue weighted by atomic mass is 16.6. The third-order valence-corrected chi connectivity index (χ3v) is 4.17. The SMILES string of the molecule is CCOC(=O)N1CCN(Cc2nc3cccnc3n2CCO)CC1. The molecule has 130 valence electrons. The standard InChI is InChI=1S/C16H23N5O3/c1-2-24-16(23)20-8-6-19(7-9-20)12-14-18-13-4-3-5-17-15(13)21(14)10-11-22/h3-5,22H,2,6-12H2,1H3. The van der Waals surface area contributed by atoms with Crippen LogP contribution in [0.2, 0.25) is 0 Å². The summed E-state index contributed by atoms with van der Waals surface area (Å²) in [6, 6.07) is 3.79. The summed E-state index contributed by atoms with van der Waals surface area (Å²) in [5.41, 5.74) is 1.64. The molecule has 1 saturated heterocycles. The number of aliphatic hydroxyl groups is 1. The first-order valence-corrected chi connectivity index (χ1v) is 8.28. The molecule has 3 heterocycles. The van der Waals surface area contributed by atoms with Gasteiger partial charge in [-0.3, -0.25) is 4.90 Å². The van der Waals surface area contributed by atoms with Gasteiger partial charge in [-0.1, -0.05) is 0 Å². The number of aromatic nitrogens is 3. The molecule has 1 aliphatic heterocycles. The number of rotatable bonds is 5. The van der Waals surface area contributed by atoms with Crippen molar-refractivity contribution in [2.75, 3.05) is 39.4 Å². The van der Waals surface area contributed by atoms with Gasteiger partial charge in [-0.15, -0.1) is 0 Å². The molecular formula is C16H23N5O3. The number of hydrogen-bond donors (Lipinski definition) is 1. The molecule has 0 bridgehead atoms. The largest absolute Gasteiger partial charge is 0.450 e. The number of pyridine rings is 1. The Morgan fingerprint density at radius 1 is 1.33 bits per heavy atom. The van der Waals surface area contributed by atoms with Gasteiger partial charge in [-0.25, -0.2) is 14.8 Å². The molecule has 1 N–H and O–H groups in total. The lowest BCUT2D eigenvalue weighted by atomic mass is 10.3. The Balaban J connectivity index is 1.68. The highest BCUT2D eigenvalue weighted by Gasteiger charge is 2.23. The number of hydrogen-bond acceptors (Lipinski definition) is 6. The van der Waals surface area contributed by atoms with Crippen molar-refractivity contribution in [3.8, 4) is 0 Å². The van der Waals surface area contributed by atoms with Crippen LogP contribution in [0.1, 0.15) is 12.7 Å². The first-order chi connectivity index (χ1) is 11.7. The summed E-state index contributed by atoms with van der Waals surface area (Å²) in [4.78, 5) is 24.8. The maximum absolute atomic E-state index is 11.8. The Bertz CT molecular complexity index is 694. The molecule has 1 amide bonds. The van der Waals surface area contributed by atoms with Crippen LogP contribution in [0, 0.1) is 0 Å². The summed E-state index contributed by atoms with van der Waals surface area (Å²) in [5.74, 6) is 0.891. The minimum atomic E-state index is -0.242. The number of aliphatic hydroxyl groups excluding tert-OH is 1. The molecule has 1 aliphatic rings. The molecule has 24 heavy (non-hydrogen) atoms. The van der Waals surface area contributed by atoms with Gasteiger partial charge in [0.05, 0.1) is 19.8 Å². The Kier molecular flexibility index (Phi) is 5.27. The van der Waals surface area contributed by atoms with Crippen LogP contribution in [0.25, 0.3) is 11.2 Å². The minimum absolute atomic E-state index is 0.0473. The number of imidazole rings is 1. The monoisotopic (exact) mass is 333 g/mol. The van der Waals surface area contributed by atoms with Crippen LogP contribution in [-0.4, -0.2) is 74.9 Å². The van der Waals surface area contributed by atoms with E-state index in [9.17, 15) is 9.90 Å². The Morgan fingerprint density at radius 3 is 2.83 bits per heavy atom. The fourth-order valence-corrected chi connectivity index (χ4v) is 2.96. The zero-order valence-corrected chi connectivity index (χ0v) is 13.9. The predicted molar refractivity (Wildman–Crippen MR) is 88.5 cm³/mol. The summed E-state index contributed by atoms with van der Waals surface area (Å²) in [6.45, 7) is 6.26. The van der Waals surface area contributed by atoms with Crippen LogP contribution in [-0.2, 0) is 17.8 Å². The van der Waals surface area contributed by atoms with E-state index in [1.54, 1.807) is 11.1 Å². The normalized spacial score (nSPS) is 15.8. The molecule has 0 unspecified atom stereocenters. The zero-order valence-electron chi connectivity index (χ0n) is 13.9. The van der Waals surface area contributed by atoms with E-state index >= 15 is 0 Å². The average molecular weight is 333 g/mol. The van der Waals surface area contributed by atoms with Gasteiger partial charge >= 0.3 is 6.09 Å². The zero-order chi connectivity index (χ0) is 16.9. The van der Waals surface area contributed by atoms with Gasteiger partial charge in [0.15, 0.2) is 5.65 Å². The van der Waals surface area contributed by atoms with Gasteiger partial charge in [0.2, 0.25) is 0 Å². The number of nitrogens with zero attached hydrogens (tertiary/aromatic N) is 5. The molecule has 8 heteroatoms. The molecule has 2 aromatic heterocycles. The van der Waals surface area contributed by atoms with Gasteiger partial charge in [-0.05, 0) is 19.1 Å². The first-order valence-electron chi connectivity index (χ1n) is 8.28. The van der Waals surface area contributed by atoms with Crippen LogP contribution < -0.4 is 0 Å². The maximum Gasteiger partial charge on any atom is 0.409 e. The lowest BCUT2D eigenvalue weighted by Crippen LogP contribution is -2.48. The van der Waals surface area contributed by atoms with E-state index in [1.165, 1.54) is 0 Å². The average Bonchev–Trinajstić information content (AvgIpc) is 2.94. The van der Waals surface area contributed by atoms with Gasteiger partial charge < -0.3 is 19.3 Å². The summed E-state index contributed by atoms with van der Waals surface area (Å²) in [7, 11) is 0. The Labute approximate surface area is 140 Å². The molecule has 0 spiro atoms. The molecular weight excluding hydrogens is 310 g/mol. The summed E-state index contributed by atoms with van der Waals surface area (Å²) in [5, 5.41) is 9.33. The number of ether oxygens (including phenoxy) is 1. The third kappa shape index (κ3) is 3.49. The number of amides is 1.